The molecular formula is C14H17ClN2O. The highest BCUT2D eigenvalue weighted by Gasteiger charge is 2.07. The van der Waals surface area contributed by atoms with E-state index in [-0.39, 0.29) is 0 Å². The van der Waals surface area contributed by atoms with Crippen LogP contribution in [0.15, 0.2) is 43.5 Å². The molecule has 0 aliphatic heterocycles. The first-order chi connectivity index (χ1) is 8.71. The molecule has 0 spiro atoms. The molecule has 0 aliphatic rings. The van der Waals surface area contributed by atoms with Gasteiger partial charge in [-0.05, 0) is 17.7 Å². The molecule has 0 bridgehead atoms. The van der Waals surface area contributed by atoms with Gasteiger partial charge < -0.3 is 5.32 Å². The number of hydrogen-bond donors (Lipinski definition) is 1. The molecule has 1 rings (SSSR count). The van der Waals surface area contributed by atoms with Gasteiger partial charge in [0, 0.05) is 30.3 Å². The number of carbonyl (C=O) groups is 1. The maximum absolute atomic E-state index is 10.6. The summed E-state index contributed by atoms with van der Waals surface area (Å²) in [6.07, 6.45) is 4.33. The summed E-state index contributed by atoms with van der Waals surface area (Å²) in [6, 6.07) is 5.46. The SMILES string of the molecule is C=CCN(CC=C)Cc1ccc(Cl)cc1NC=O. The zero-order valence-electron chi connectivity index (χ0n) is 10.2. The van der Waals surface area contributed by atoms with Crippen molar-refractivity contribution in [1.29, 1.82) is 0 Å². The molecule has 0 saturated carbocycles. The van der Waals surface area contributed by atoms with Crippen LogP contribution in [0.25, 0.3) is 0 Å². The molecule has 0 atom stereocenters. The number of halogens is 1. The van der Waals surface area contributed by atoms with Crippen molar-refractivity contribution in [2.75, 3.05) is 18.4 Å². The standard InChI is InChI=1S/C14H17ClN2O/c1-3-7-17(8-4-2)10-12-5-6-13(15)9-14(12)16-11-18/h3-6,9,11H,1-2,7-8,10H2,(H,16,18). The fourth-order valence-corrected chi connectivity index (χ4v) is 1.87. The van der Waals surface area contributed by atoms with Crippen molar-refractivity contribution < 1.29 is 4.79 Å². The van der Waals surface area contributed by atoms with Crippen molar-refractivity contribution in [3.63, 3.8) is 0 Å². The molecule has 1 amide bonds. The zero-order chi connectivity index (χ0) is 13.4. The Hall–Kier alpha value is -1.58. The fraction of sp³-hybridized carbons (Fsp3) is 0.214. The Morgan fingerprint density at radius 1 is 1.28 bits per heavy atom. The molecular weight excluding hydrogens is 248 g/mol. The molecule has 4 heteroatoms. The highest BCUT2D eigenvalue weighted by Crippen LogP contribution is 2.22. The van der Waals surface area contributed by atoms with E-state index in [9.17, 15) is 4.79 Å². The number of anilines is 1. The Balaban J connectivity index is 2.89. The summed E-state index contributed by atoms with van der Waals surface area (Å²) in [7, 11) is 0. The minimum Gasteiger partial charge on any atom is -0.328 e. The Bertz CT molecular complexity index is 422. The smallest absolute Gasteiger partial charge is 0.211 e. The Kier molecular flexibility index (Phi) is 6.19. The molecule has 0 aromatic heterocycles. The van der Waals surface area contributed by atoms with Gasteiger partial charge in [0.05, 0.1) is 0 Å². The van der Waals surface area contributed by atoms with Gasteiger partial charge in [-0.3, -0.25) is 9.69 Å². The minimum absolute atomic E-state index is 0.599. The second kappa shape index (κ2) is 7.69. The fourth-order valence-electron chi connectivity index (χ4n) is 1.69. The highest BCUT2D eigenvalue weighted by molar-refractivity contribution is 6.30. The van der Waals surface area contributed by atoms with Crippen LogP contribution < -0.4 is 5.32 Å². The number of carbonyl (C=O) groups excluding carboxylic acids is 1. The van der Waals surface area contributed by atoms with Crippen LogP contribution in [0.3, 0.4) is 0 Å². The molecule has 0 radical (unpaired) electrons. The number of nitrogens with zero attached hydrogens (tertiary/aromatic N) is 1. The summed E-state index contributed by atoms with van der Waals surface area (Å²) in [5.74, 6) is 0. The van der Waals surface area contributed by atoms with Crippen LogP contribution in [-0.2, 0) is 11.3 Å². The first-order valence-corrected chi connectivity index (χ1v) is 6.01. The molecule has 1 aromatic carbocycles. The average Bonchev–Trinajstić information content (AvgIpc) is 2.33. The molecule has 3 nitrogen and oxygen atoms in total. The number of nitrogens with one attached hydrogen (secondary N) is 1. The van der Waals surface area contributed by atoms with Gasteiger partial charge in [-0.15, -0.1) is 13.2 Å². The summed E-state index contributed by atoms with van der Waals surface area (Å²) in [5, 5.41) is 3.26. The second-order valence-electron chi connectivity index (χ2n) is 3.84. The van der Waals surface area contributed by atoms with Crippen LogP contribution in [0, 0.1) is 0 Å². The van der Waals surface area contributed by atoms with Gasteiger partial charge in [-0.25, -0.2) is 0 Å². The maximum Gasteiger partial charge on any atom is 0.211 e. The van der Waals surface area contributed by atoms with Gasteiger partial charge in [0.25, 0.3) is 0 Å². The third kappa shape index (κ3) is 4.35. The van der Waals surface area contributed by atoms with Crippen LogP contribution in [0.5, 0.6) is 0 Å². The van der Waals surface area contributed by atoms with Crippen LogP contribution in [0.2, 0.25) is 5.02 Å². The molecule has 0 fully saturated rings. The number of rotatable bonds is 8. The van der Waals surface area contributed by atoms with Crippen molar-refractivity contribution in [3.8, 4) is 0 Å². The predicted octanol–water partition coefficient (Wildman–Crippen LogP) is 3.08. The van der Waals surface area contributed by atoms with Crippen molar-refractivity contribution >= 4 is 23.7 Å². The highest BCUT2D eigenvalue weighted by atomic mass is 35.5. The van der Waals surface area contributed by atoms with Crippen LogP contribution >= 0.6 is 11.6 Å². The summed E-state index contributed by atoms with van der Waals surface area (Å²) in [6.45, 7) is 9.67. The van der Waals surface area contributed by atoms with E-state index in [2.05, 4.69) is 23.4 Å². The van der Waals surface area contributed by atoms with E-state index in [1.807, 2.05) is 24.3 Å². The number of amides is 1. The lowest BCUT2D eigenvalue weighted by atomic mass is 10.1. The number of hydrogen-bond acceptors (Lipinski definition) is 2. The topological polar surface area (TPSA) is 32.3 Å². The summed E-state index contributed by atoms with van der Waals surface area (Å²) >= 11 is 5.91. The minimum atomic E-state index is 0.599. The number of benzene rings is 1. The summed E-state index contributed by atoms with van der Waals surface area (Å²) < 4.78 is 0. The van der Waals surface area contributed by atoms with E-state index in [1.165, 1.54) is 0 Å². The first-order valence-electron chi connectivity index (χ1n) is 5.64. The Labute approximate surface area is 113 Å². The van der Waals surface area contributed by atoms with Gasteiger partial charge in [0.1, 0.15) is 0 Å². The van der Waals surface area contributed by atoms with Gasteiger partial charge in [0.2, 0.25) is 6.41 Å². The zero-order valence-corrected chi connectivity index (χ0v) is 11.0. The average molecular weight is 265 g/mol. The quantitative estimate of drug-likeness (QED) is 0.578. The second-order valence-corrected chi connectivity index (χ2v) is 4.27. The maximum atomic E-state index is 10.6. The van der Waals surface area contributed by atoms with Gasteiger partial charge in [-0.2, -0.15) is 0 Å². The monoisotopic (exact) mass is 264 g/mol. The normalized spacial score (nSPS) is 10.1. The van der Waals surface area contributed by atoms with Gasteiger partial charge in [-0.1, -0.05) is 29.8 Å². The van der Waals surface area contributed by atoms with Crippen LogP contribution in [-0.4, -0.2) is 24.4 Å². The van der Waals surface area contributed by atoms with Crippen LogP contribution in [0.1, 0.15) is 5.56 Å². The molecule has 0 unspecified atom stereocenters. The molecule has 1 aromatic rings. The lowest BCUT2D eigenvalue weighted by molar-refractivity contribution is -0.105. The molecule has 0 saturated heterocycles. The Morgan fingerprint density at radius 3 is 2.50 bits per heavy atom. The van der Waals surface area contributed by atoms with Crippen molar-refractivity contribution in [2.45, 2.75) is 6.54 Å². The summed E-state index contributed by atoms with van der Waals surface area (Å²) in [5.41, 5.74) is 1.74. The molecule has 0 aliphatic carbocycles. The molecule has 18 heavy (non-hydrogen) atoms. The van der Waals surface area contributed by atoms with E-state index < -0.39 is 0 Å². The molecule has 96 valence electrons. The first kappa shape index (κ1) is 14.5. The summed E-state index contributed by atoms with van der Waals surface area (Å²) in [4.78, 5) is 12.7. The van der Waals surface area contributed by atoms with E-state index in [0.29, 0.717) is 18.0 Å². The van der Waals surface area contributed by atoms with Crippen molar-refractivity contribution in [1.82, 2.24) is 4.90 Å². The van der Waals surface area contributed by atoms with Gasteiger partial charge >= 0.3 is 0 Å². The third-order valence-corrected chi connectivity index (χ3v) is 2.69. The van der Waals surface area contributed by atoms with E-state index in [0.717, 1.165) is 24.3 Å². The predicted molar refractivity (Wildman–Crippen MR) is 76.8 cm³/mol. The largest absolute Gasteiger partial charge is 0.328 e. The lowest BCUT2D eigenvalue weighted by Crippen LogP contribution is -2.23. The van der Waals surface area contributed by atoms with Crippen molar-refractivity contribution in [2.24, 2.45) is 0 Å². The van der Waals surface area contributed by atoms with Crippen molar-refractivity contribution in [3.05, 3.63) is 54.1 Å². The van der Waals surface area contributed by atoms with E-state index in [4.69, 9.17) is 11.6 Å². The van der Waals surface area contributed by atoms with E-state index in [1.54, 1.807) is 6.07 Å². The molecule has 1 N–H and O–H groups in total. The lowest BCUT2D eigenvalue weighted by Gasteiger charge is -2.20. The van der Waals surface area contributed by atoms with Gasteiger partial charge in [0.15, 0.2) is 0 Å². The van der Waals surface area contributed by atoms with Crippen LogP contribution in [0.4, 0.5) is 5.69 Å². The Morgan fingerprint density at radius 2 is 1.94 bits per heavy atom. The molecule has 0 heterocycles. The third-order valence-electron chi connectivity index (χ3n) is 2.45. The van der Waals surface area contributed by atoms with E-state index >= 15 is 0 Å².